The third kappa shape index (κ3) is 3.72. The Morgan fingerprint density at radius 1 is 1.50 bits per heavy atom. The van der Waals surface area contributed by atoms with Crippen LogP contribution in [-0.2, 0) is 0 Å². The first-order valence-electron chi connectivity index (χ1n) is 5.83. The number of hydrogen-bond acceptors (Lipinski definition) is 2. The van der Waals surface area contributed by atoms with Crippen molar-refractivity contribution in [3.05, 3.63) is 0 Å². The molecule has 0 aromatic carbocycles. The fourth-order valence-corrected chi connectivity index (χ4v) is 1.83. The van der Waals surface area contributed by atoms with Crippen LogP contribution in [-0.4, -0.2) is 48.3 Å². The molecule has 92 valence electrons. The molecule has 0 aromatic rings. The van der Waals surface area contributed by atoms with E-state index in [1.54, 1.807) is 11.9 Å². The van der Waals surface area contributed by atoms with Crippen molar-refractivity contribution >= 4 is 11.9 Å². The zero-order valence-electron chi connectivity index (χ0n) is 10.2. The number of hydrogen-bond donors (Lipinski definition) is 2. The molecule has 2 amide bonds. The molecule has 1 heterocycles. The number of amidine groups is 1. The highest BCUT2D eigenvalue weighted by molar-refractivity contribution is 5.78. The summed E-state index contributed by atoms with van der Waals surface area (Å²) in [6.07, 6.45) is 2.63. The van der Waals surface area contributed by atoms with Gasteiger partial charge in [-0.1, -0.05) is 6.92 Å². The number of piperidine rings is 1. The number of carbonyl (C=O) groups is 1. The van der Waals surface area contributed by atoms with Crippen LogP contribution < -0.4 is 5.73 Å². The van der Waals surface area contributed by atoms with Crippen molar-refractivity contribution in [2.75, 3.05) is 26.7 Å². The molecule has 5 nitrogen and oxygen atoms in total. The second kappa shape index (κ2) is 5.72. The smallest absolute Gasteiger partial charge is 0.319 e. The predicted molar refractivity (Wildman–Crippen MR) is 64.5 cm³/mol. The molecule has 5 heteroatoms. The van der Waals surface area contributed by atoms with E-state index >= 15 is 0 Å². The molecule has 16 heavy (non-hydrogen) atoms. The summed E-state index contributed by atoms with van der Waals surface area (Å²) in [5.41, 5.74) is 5.27. The molecule has 0 saturated carbocycles. The molecule has 1 saturated heterocycles. The minimum atomic E-state index is 0.0631. The number of amides is 2. The summed E-state index contributed by atoms with van der Waals surface area (Å²) in [5.74, 6) is 0.860. The summed E-state index contributed by atoms with van der Waals surface area (Å²) in [7, 11) is 1.77. The van der Waals surface area contributed by atoms with Gasteiger partial charge in [-0.3, -0.25) is 5.41 Å². The van der Waals surface area contributed by atoms with E-state index in [0.717, 1.165) is 31.8 Å². The van der Waals surface area contributed by atoms with E-state index in [0.29, 0.717) is 13.0 Å². The molecule has 1 aliphatic heterocycles. The van der Waals surface area contributed by atoms with Gasteiger partial charge in [0.15, 0.2) is 0 Å². The normalized spacial score (nSPS) is 17.2. The van der Waals surface area contributed by atoms with Gasteiger partial charge in [-0.05, 0) is 18.8 Å². The number of nitrogens with one attached hydrogen (secondary N) is 1. The Morgan fingerprint density at radius 3 is 2.56 bits per heavy atom. The van der Waals surface area contributed by atoms with Gasteiger partial charge < -0.3 is 15.5 Å². The first kappa shape index (κ1) is 12.8. The van der Waals surface area contributed by atoms with Crippen molar-refractivity contribution in [2.45, 2.75) is 26.2 Å². The van der Waals surface area contributed by atoms with Gasteiger partial charge in [-0.2, -0.15) is 0 Å². The second-order valence-electron chi connectivity index (χ2n) is 4.65. The van der Waals surface area contributed by atoms with E-state index in [4.69, 9.17) is 11.1 Å². The SMILES string of the molecule is CC1CCN(C(=O)N(C)CCC(=N)N)CC1. The van der Waals surface area contributed by atoms with Gasteiger partial charge in [0.1, 0.15) is 0 Å². The van der Waals surface area contributed by atoms with E-state index in [1.807, 2.05) is 4.90 Å². The second-order valence-corrected chi connectivity index (χ2v) is 4.65. The Morgan fingerprint density at radius 2 is 2.06 bits per heavy atom. The van der Waals surface area contributed by atoms with Gasteiger partial charge in [0.25, 0.3) is 0 Å². The molecule has 1 fully saturated rings. The summed E-state index contributed by atoms with van der Waals surface area (Å²) in [4.78, 5) is 15.5. The molecule has 0 atom stereocenters. The largest absolute Gasteiger partial charge is 0.388 e. The fraction of sp³-hybridized carbons (Fsp3) is 0.818. The Hall–Kier alpha value is -1.26. The maximum absolute atomic E-state index is 12.0. The van der Waals surface area contributed by atoms with Crippen molar-refractivity contribution < 1.29 is 4.79 Å². The molecular weight excluding hydrogens is 204 g/mol. The van der Waals surface area contributed by atoms with E-state index in [9.17, 15) is 4.79 Å². The highest BCUT2D eigenvalue weighted by Crippen LogP contribution is 2.16. The predicted octanol–water partition coefficient (Wildman–Crippen LogP) is 1.10. The Balaban J connectivity index is 2.35. The zero-order chi connectivity index (χ0) is 12.1. The van der Waals surface area contributed by atoms with Crippen LogP contribution in [0.25, 0.3) is 0 Å². The average molecular weight is 226 g/mol. The van der Waals surface area contributed by atoms with Gasteiger partial charge in [0.05, 0.1) is 5.84 Å². The third-order valence-corrected chi connectivity index (χ3v) is 3.10. The van der Waals surface area contributed by atoms with E-state index in [1.165, 1.54) is 0 Å². The molecule has 0 spiro atoms. The van der Waals surface area contributed by atoms with Crippen LogP contribution in [0.3, 0.4) is 0 Å². The standard InChI is InChI=1S/C11H22N4O/c1-9-3-7-15(8-4-9)11(16)14(2)6-5-10(12)13/h9H,3-8H2,1-2H3,(H3,12,13). The Labute approximate surface area is 97.1 Å². The Bertz CT molecular complexity index is 259. The average Bonchev–Trinajstić information content (AvgIpc) is 2.26. The lowest BCUT2D eigenvalue weighted by Gasteiger charge is -2.33. The summed E-state index contributed by atoms with van der Waals surface area (Å²) < 4.78 is 0. The highest BCUT2D eigenvalue weighted by Gasteiger charge is 2.22. The molecule has 3 N–H and O–H groups in total. The van der Waals surface area contributed by atoms with Gasteiger partial charge in [0, 0.05) is 33.1 Å². The van der Waals surface area contributed by atoms with Crippen LogP contribution in [0.5, 0.6) is 0 Å². The minimum Gasteiger partial charge on any atom is -0.388 e. The van der Waals surface area contributed by atoms with Crippen LogP contribution in [0, 0.1) is 11.3 Å². The van der Waals surface area contributed by atoms with Gasteiger partial charge >= 0.3 is 6.03 Å². The van der Waals surface area contributed by atoms with Gasteiger partial charge in [0.2, 0.25) is 0 Å². The first-order valence-corrected chi connectivity index (χ1v) is 5.83. The lowest BCUT2D eigenvalue weighted by molar-refractivity contribution is 0.144. The summed E-state index contributed by atoms with van der Waals surface area (Å²) in [6, 6.07) is 0.0631. The van der Waals surface area contributed by atoms with E-state index < -0.39 is 0 Å². The third-order valence-electron chi connectivity index (χ3n) is 3.10. The molecule has 0 unspecified atom stereocenters. The molecular formula is C11H22N4O. The summed E-state index contributed by atoms with van der Waals surface area (Å²) >= 11 is 0. The van der Waals surface area contributed by atoms with Crippen LogP contribution in [0.4, 0.5) is 4.79 Å². The lowest BCUT2D eigenvalue weighted by atomic mass is 10.00. The van der Waals surface area contributed by atoms with Crippen molar-refractivity contribution in [3.63, 3.8) is 0 Å². The van der Waals surface area contributed by atoms with E-state index in [-0.39, 0.29) is 11.9 Å². The molecule has 1 aliphatic rings. The summed E-state index contributed by atoms with van der Waals surface area (Å²) in [5, 5.41) is 7.13. The molecule has 1 rings (SSSR count). The lowest BCUT2D eigenvalue weighted by Crippen LogP contribution is -2.45. The van der Waals surface area contributed by atoms with Crippen molar-refractivity contribution in [3.8, 4) is 0 Å². The van der Waals surface area contributed by atoms with Crippen LogP contribution in [0.2, 0.25) is 0 Å². The van der Waals surface area contributed by atoms with E-state index in [2.05, 4.69) is 6.92 Å². The number of nitrogens with zero attached hydrogens (tertiary/aromatic N) is 2. The van der Waals surface area contributed by atoms with Crippen molar-refractivity contribution in [1.29, 1.82) is 5.41 Å². The van der Waals surface area contributed by atoms with Crippen molar-refractivity contribution in [1.82, 2.24) is 9.80 Å². The fourth-order valence-electron chi connectivity index (χ4n) is 1.83. The molecule has 0 bridgehead atoms. The number of nitrogens with two attached hydrogens (primary N) is 1. The number of rotatable bonds is 3. The quantitative estimate of drug-likeness (QED) is 0.558. The van der Waals surface area contributed by atoms with Gasteiger partial charge in [-0.15, -0.1) is 0 Å². The maximum atomic E-state index is 12.0. The minimum absolute atomic E-state index is 0.0631. The first-order chi connectivity index (χ1) is 7.50. The topological polar surface area (TPSA) is 73.4 Å². The summed E-state index contributed by atoms with van der Waals surface area (Å²) in [6.45, 7) is 4.45. The number of carbonyl (C=O) groups excluding carboxylic acids is 1. The van der Waals surface area contributed by atoms with Crippen LogP contribution in [0.15, 0.2) is 0 Å². The highest BCUT2D eigenvalue weighted by atomic mass is 16.2. The van der Waals surface area contributed by atoms with Gasteiger partial charge in [-0.25, -0.2) is 4.79 Å². The molecule has 0 aromatic heterocycles. The van der Waals surface area contributed by atoms with Crippen molar-refractivity contribution in [2.24, 2.45) is 11.7 Å². The Kier molecular flexibility index (Phi) is 4.58. The van der Waals surface area contributed by atoms with Crippen LogP contribution >= 0.6 is 0 Å². The number of urea groups is 1. The van der Waals surface area contributed by atoms with Crippen LogP contribution in [0.1, 0.15) is 26.2 Å². The molecule has 0 aliphatic carbocycles. The monoisotopic (exact) mass is 226 g/mol. The maximum Gasteiger partial charge on any atom is 0.319 e. The molecule has 0 radical (unpaired) electrons. The number of likely N-dealkylation sites (tertiary alicyclic amines) is 1. The zero-order valence-corrected chi connectivity index (χ0v) is 10.2.